The van der Waals surface area contributed by atoms with Gasteiger partial charge in [-0.3, -0.25) is 4.79 Å². The second-order valence-corrected chi connectivity index (χ2v) is 8.17. The molecular formula is C23H21N5OS. The van der Waals surface area contributed by atoms with E-state index in [1.165, 1.54) is 16.9 Å². The van der Waals surface area contributed by atoms with Gasteiger partial charge in [-0.2, -0.15) is 0 Å². The quantitative estimate of drug-likeness (QED) is 0.448. The summed E-state index contributed by atoms with van der Waals surface area (Å²) >= 11 is 1.53. The molecule has 2 aromatic carbocycles. The van der Waals surface area contributed by atoms with Crippen molar-refractivity contribution < 1.29 is 4.79 Å². The van der Waals surface area contributed by atoms with E-state index < -0.39 is 5.91 Å². The third-order valence-electron chi connectivity index (χ3n) is 5.32. The fourth-order valence-corrected chi connectivity index (χ4v) is 4.82. The highest BCUT2D eigenvalue weighted by molar-refractivity contribution is 7.15. The van der Waals surface area contributed by atoms with Gasteiger partial charge in [-0.1, -0.05) is 42.5 Å². The number of anilines is 2. The lowest BCUT2D eigenvalue weighted by atomic mass is 10.1. The number of carbonyl (C=O) groups excluding carboxylic acids is 1. The fraction of sp³-hybridized carbons (Fsp3) is 0.174. The Balaban J connectivity index is 1.58. The van der Waals surface area contributed by atoms with E-state index in [4.69, 9.17) is 15.7 Å². The van der Waals surface area contributed by atoms with Gasteiger partial charge in [0, 0.05) is 40.4 Å². The number of hydrogen-bond acceptors (Lipinski definition) is 6. The maximum Gasteiger partial charge on any atom is 0.249 e. The van der Waals surface area contributed by atoms with Gasteiger partial charge in [-0.15, -0.1) is 11.3 Å². The highest BCUT2D eigenvalue weighted by Gasteiger charge is 2.21. The van der Waals surface area contributed by atoms with Crippen LogP contribution in [0.25, 0.3) is 21.5 Å². The second kappa shape index (κ2) is 7.76. The van der Waals surface area contributed by atoms with Crippen molar-refractivity contribution in [2.45, 2.75) is 19.4 Å². The van der Waals surface area contributed by atoms with Crippen LogP contribution in [-0.2, 0) is 13.0 Å². The largest absolute Gasteiger partial charge is 0.370 e. The van der Waals surface area contributed by atoms with Gasteiger partial charge in [-0.05, 0) is 24.5 Å². The highest BCUT2D eigenvalue weighted by atomic mass is 32.1. The third-order valence-corrected chi connectivity index (χ3v) is 6.31. The van der Waals surface area contributed by atoms with Crippen LogP contribution in [0.1, 0.15) is 27.9 Å². The van der Waals surface area contributed by atoms with Crippen molar-refractivity contribution in [3.05, 3.63) is 70.6 Å². The van der Waals surface area contributed by atoms with Gasteiger partial charge in [0.1, 0.15) is 11.6 Å². The van der Waals surface area contributed by atoms with Gasteiger partial charge in [0.25, 0.3) is 0 Å². The summed E-state index contributed by atoms with van der Waals surface area (Å²) in [5.74, 6) is 1.97. The SMILES string of the molecule is NC(=O)c1cccc2c(-c3nc4c(c(NCc5ccccc5)n3)CCCN4)scc12. The number of nitrogens with one attached hydrogen (secondary N) is 2. The summed E-state index contributed by atoms with van der Waals surface area (Å²) in [5, 5.41) is 10.7. The minimum Gasteiger partial charge on any atom is -0.370 e. The van der Waals surface area contributed by atoms with Gasteiger partial charge < -0.3 is 16.4 Å². The number of hydrogen-bond donors (Lipinski definition) is 3. The first-order chi connectivity index (χ1) is 14.7. The molecule has 5 rings (SSSR count). The third kappa shape index (κ3) is 3.37. The van der Waals surface area contributed by atoms with E-state index in [1.54, 1.807) is 6.07 Å². The number of benzene rings is 2. The van der Waals surface area contributed by atoms with Gasteiger partial charge in [-0.25, -0.2) is 9.97 Å². The summed E-state index contributed by atoms with van der Waals surface area (Å²) < 4.78 is 0. The monoisotopic (exact) mass is 415 g/mol. The molecule has 0 saturated heterocycles. The normalized spacial score (nSPS) is 12.9. The first-order valence-corrected chi connectivity index (χ1v) is 10.8. The Hall–Kier alpha value is -3.45. The number of nitrogens with two attached hydrogens (primary N) is 1. The predicted octanol–water partition coefficient (Wildman–Crippen LogP) is 4.43. The Morgan fingerprint density at radius 2 is 1.97 bits per heavy atom. The zero-order valence-electron chi connectivity index (χ0n) is 16.3. The van der Waals surface area contributed by atoms with Crippen molar-refractivity contribution in [2.75, 3.05) is 17.2 Å². The summed E-state index contributed by atoms with van der Waals surface area (Å²) in [4.78, 5) is 22.5. The molecule has 1 aliphatic heterocycles. The van der Waals surface area contributed by atoms with Crippen LogP contribution in [0.5, 0.6) is 0 Å². The Labute approximate surface area is 178 Å². The number of amides is 1. The van der Waals surface area contributed by atoms with Crippen molar-refractivity contribution in [1.82, 2.24) is 9.97 Å². The second-order valence-electron chi connectivity index (χ2n) is 7.29. The lowest BCUT2D eigenvalue weighted by Crippen LogP contribution is -2.17. The number of aromatic nitrogens is 2. The molecule has 1 amide bonds. The van der Waals surface area contributed by atoms with E-state index in [9.17, 15) is 4.79 Å². The van der Waals surface area contributed by atoms with Crippen LogP contribution in [0.2, 0.25) is 0 Å². The number of rotatable bonds is 5. The van der Waals surface area contributed by atoms with E-state index >= 15 is 0 Å². The molecule has 0 radical (unpaired) electrons. The minimum absolute atomic E-state index is 0.428. The lowest BCUT2D eigenvalue weighted by Gasteiger charge is -2.21. The molecule has 2 aromatic heterocycles. The molecule has 0 aliphatic carbocycles. The van der Waals surface area contributed by atoms with Gasteiger partial charge in [0.15, 0.2) is 5.82 Å². The molecule has 3 heterocycles. The molecule has 150 valence electrons. The molecular weight excluding hydrogens is 394 g/mol. The van der Waals surface area contributed by atoms with Crippen molar-refractivity contribution in [3.63, 3.8) is 0 Å². The molecule has 0 saturated carbocycles. The molecule has 0 bridgehead atoms. The summed E-state index contributed by atoms with van der Waals surface area (Å²) in [7, 11) is 0. The zero-order valence-corrected chi connectivity index (χ0v) is 17.1. The summed E-state index contributed by atoms with van der Waals surface area (Å²) in [6, 6.07) is 15.9. The van der Waals surface area contributed by atoms with Gasteiger partial charge in [0.05, 0.1) is 4.88 Å². The number of fused-ring (bicyclic) bond motifs is 2. The number of carbonyl (C=O) groups is 1. The Bertz CT molecular complexity index is 1240. The van der Waals surface area contributed by atoms with Crippen LogP contribution in [0.3, 0.4) is 0 Å². The molecule has 4 aromatic rings. The van der Waals surface area contributed by atoms with E-state index in [1.807, 2.05) is 35.7 Å². The predicted molar refractivity (Wildman–Crippen MR) is 122 cm³/mol. The van der Waals surface area contributed by atoms with E-state index in [0.29, 0.717) is 17.9 Å². The highest BCUT2D eigenvalue weighted by Crippen LogP contribution is 2.37. The molecule has 1 aliphatic rings. The lowest BCUT2D eigenvalue weighted by molar-refractivity contribution is 0.100. The average molecular weight is 416 g/mol. The van der Waals surface area contributed by atoms with Gasteiger partial charge in [0.2, 0.25) is 5.91 Å². The zero-order chi connectivity index (χ0) is 20.5. The van der Waals surface area contributed by atoms with Gasteiger partial charge >= 0.3 is 0 Å². The molecule has 7 heteroatoms. The molecule has 0 atom stereocenters. The summed E-state index contributed by atoms with van der Waals surface area (Å²) in [5.41, 5.74) is 8.40. The topological polar surface area (TPSA) is 92.9 Å². The van der Waals surface area contributed by atoms with Crippen molar-refractivity contribution in [3.8, 4) is 10.7 Å². The Kier molecular flexibility index (Phi) is 4.80. The standard InChI is InChI=1S/C23H21N5OS/c24-20(29)16-9-4-8-15-18(16)13-30-19(15)23-27-21-17(10-5-11-25-21)22(28-23)26-12-14-6-2-1-3-7-14/h1-4,6-9,13H,5,10-12H2,(H2,24,29)(H2,25,26,27,28). The number of primary amides is 1. The van der Waals surface area contributed by atoms with Crippen LogP contribution in [0.4, 0.5) is 11.6 Å². The molecule has 4 N–H and O–H groups in total. The molecule has 0 spiro atoms. The van der Waals surface area contributed by atoms with Crippen molar-refractivity contribution >= 4 is 39.7 Å². The molecule has 0 unspecified atom stereocenters. The molecule has 6 nitrogen and oxygen atoms in total. The maximum atomic E-state index is 11.8. The van der Waals surface area contributed by atoms with Crippen LogP contribution < -0.4 is 16.4 Å². The summed E-state index contributed by atoms with van der Waals surface area (Å²) in [6.45, 7) is 1.60. The van der Waals surface area contributed by atoms with E-state index in [2.05, 4.69) is 22.8 Å². The number of nitrogens with zero attached hydrogens (tertiary/aromatic N) is 2. The minimum atomic E-state index is -0.428. The number of thiophene rings is 1. The van der Waals surface area contributed by atoms with E-state index in [-0.39, 0.29) is 0 Å². The van der Waals surface area contributed by atoms with Crippen LogP contribution in [-0.4, -0.2) is 22.4 Å². The first-order valence-electron chi connectivity index (χ1n) is 9.93. The first kappa shape index (κ1) is 18.6. The van der Waals surface area contributed by atoms with Crippen LogP contribution in [0, 0.1) is 0 Å². The van der Waals surface area contributed by atoms with Crippen LogP contribution in [0.15, 0.2) is 53.9 Å². The van der Waals surface area contributed by atoms with Crippen LogP contribution >= 0.6 is 11.3 Å². The summed E-state index contributed by atoms with van der Waals surface area (Å²) in [6.07, 6.45) is 2.00. The average Bonchev–Trinajstić information content (AvgIpc) is 3.22. The Morgan fingerprint density at radius 3 is 2.80 bits per heavy atom. The van der Waals surface area contributed by atoms with Crippen molar-refractivity contribution in [1.29, 1.82) is 0 Å². The smallest absolute Gasteiger partial charge is 0.249 e. The molecule has 30 heavy (non-hydrogen) atoms. The van der Waals surface area contributed by atoms with E-state index in [0.717, 1.165) is 52.2 Å². The Morgan fingerprint density at radius 1 is 1.10 bits per heavy atom. The van der Waals surface area contributed by atoms with Crippen molar-refractivity contribution in [2.24, 2.45) is 5.73 Å². The fourth-order valence-electron chi connectivity index (χ4n) is 3.83. The molecule has 0 fully saturated rings. The maximum absolute atomic E-state index is 11.8.